The van der Waals surface area contributed by atoms with Gasteiger partial charge in [0.25, 0.3) is 0 Å². The molecule has 0 atom stereocenters. The monoisotopic (exact) mass is 302 g/mol. The van der Waals surface area contributed by atoms with Gasteiger partial charge in [0.15, 0.2) is 0 Å². The van der Waals surface area contributed by atoms with Gasteiger partial charge in [-0.05, 0) is 52.9 Å². The molecule has 0 heterocycles. The van der Waals surface area contributed by atoms with E-state index < -0.39 is 5.41 Å². The van der Waals surface area contributed by atoms with E-state index in [-0.39, 0.29) is 45.4 Å². The number of esters is 2. The molecule has 0 aliphatic heterocycles. The van der Waals surface area contributed by atoms with Gasteiger partial charge in [-0.25, -0.2) is 0 Å². The lowest BCUT2D eigenvalue weighted by atomic mass is 9.91. The second-order valence-corrected chi connectivity index (χ2v) is 6.25. The number of hydrogen-bond acceptors (Lipinski definition) is 4. The standard InChI is InChI=1S/C15H26O4.2CH4/c1-5-14(2,3)13(17)18-11-8-12(16)19-15(4)9-6-7-10-15;;/h5-11H2,1-4H3;2*1H4. The van der Waals surface area contributed by atoms with Crippen LogP contribution in [0.15, 0.2) is 0 Å². The van der Waals surface area contributed by atoms with Crippen LogP contribution in [0.3, 0.4) is 0 Å². The number of rotatable bonds is 6. The topological polar surface area (TPSA) is 52.6 Å². The van der Waals surface area contributed by atoms with Crippen LogP contribution in [0.5, 0.6) is 0 Å². The molecule has 4 heteroatoms. The van der Waals surface area contributed by atoms with Crippen LogP contribution in [0.4, 0.5) is 0 Å². The summed E-state index contributed by atoms with van der Waals surface area (Å²) < 4.78 is 10.6. The Balaban J connectivity index is 0. The van der Waals surface area contributed by atoms with Crippen molar-refractivity contribution in [3.63, 3.8) is 0 Å². The quantitative estimate of drug-likeness (QED) is 0.678. The highest BCUT2D eigenvalue weighted by Crippen LogP contribution is 2.32. The van der Waals surface area contributed by atoms with E-state index in [2.05, 4.69) is 0 Å². The van der Waals surface area contributed by atoms with Gasteiger partial charge in [0.2, 0.25) is 0 Å². The molecule has 0 aromatic carbocycles. The highest BCUT2D eigenvalue weighted by molar-refractivity contribution is 5.76. The summed E-state index contributed by atoms with van der Waals surface area (Å²) in [5.74, 6) is -0.526. The first-order valence-corrected chi connectivity index (χ1v) is 7.18. The predicted molar refractivity (Wildman–Crippen MR) is 86.1 cm³/mol. The number of ether oxygens (including phenoxy) is 2. The SMILES string of the molecule is C.C.CCC(C)(C)C(=O)OCCC(=O)OC1(C)CCCC1. The van der Waals surface area contributed by atoms with Gasteiger partial charge < -0.3 is 9.47 Å². The Morgan fingerprint density at radius 2 is 1.67 bits per heavy atom. The molecule has 4 nitrogen and oxygen atoms in total. The number of hydrogen-bond donors (Lipinski definition) is 0. The molecular formula is C17H34O4. The molecule has 21 heavy (non-hydrogen) atoms. The first kappa shape index (κ1) is 22.2. The van der Waals surface area contributed by atoms with Crippen LogP contribution in [0.1, 0.15) is 81.1 Å². The lowest BCUT2D eigenvalue weighted by molar-refractivity contribution is -0.162. The Morgan fingerprint density at radius 1 is 1.14 bits per heavy atom. The maximum atomic E-state index is 11.7. The molecule has 1 fully saturated rings. The average Bonchev–Trinajstić information content (AvgIpc) is 2.75. The summed E-state index contributed by atoms with van der Waals surface area (Å²) in [5.41, 5.74) is -0.787. The van der Waals surface area contributed by atoms with Crippen molar-refractivity contribution in [2.75, 3.05) is 6.61 Å². The maximum Gasteiger partial charge on any atom is 0.311 e. The predicted octanol–water partition coefficient (Wildman–Crippen LogP) is 4.50. The van der Waals surface area contributed by atoms with E-state index in [0.717, 1.165) is 25.7 Å². The first-order valence-electron chi connectivity index (χ1n) is 7.18. The van der Waals surface area contributed by atoms with Gasteiger partial charge in [0.1, 0.15) is 12.2 Å². The Hall–Kier alpha value is -1.06. The van der Waals surface area contributed by atoms with Crippen molar-refractivity contribution in [3.05, 3.63) is 0 Å². The molecule has 0 bridgehead atoms. The summed E-state index contributed by atoms with van der Waals surface area (Å²) in [6.07, 6.45) is 4.95. The molecule has 1 aliphatic carbocycles. The first-order chi connectivity index (χ1) is 8.79. The lowest BCUT2D eigenvalue weighted by Gasteiger charge is -2.24. The molecule has 126 valence electrons. The van der Waals surface area contributed by atoms with Crippen molar-refractivity contribution in [2.45, 2.75) is 86.7 Å². The van der Waals surface area contributed by atoms with Gasteiger partial charge in [-0.2, -0.15) is 0 Å². The van der Waals surface area contributed by atoms with Gasteiger partial charge in [-0.1, -0.05) is 21.8 Å². The van der Waals surface area contributed by atoms with Crippen molar-refractivity contribution >= 4 is 11.9 Å². The van der Waals surface area contributed by atoms with Crippen molar-refractivity contribution in [3.8, 4) is 0 Å². The fourth-order valence-corrected chi connectivity index (χ4v) is 2.12. The zero-order valence-corrected chi connectivity index (χ0v) is 12.6. The molecule has 0 unspecified atom stereocenters. The molecule has 1 aliphatic rings. The summed E-state index contributed by atoms with van der Waals surface area (Å²) in [6.45, 7) is 7.71. The van der Waals surface area contributed by atoms with Gasteiger partial charge in [-0.3, -0.25) is 9.59 Å². The second-order valence-electron chi connectivity index (χ2n) is 6.25. The molecular weight excluding hydrogens is 268 g/mol. The van der Waals surface area contributed by atoms with Crippen LogP contribution in [-0.2, 0) is 19.1 Å². The second kappa shape index (κ2) is 9.06. The van der Waals surface area contributed by atoms with Crippen LogP contribution in [0.25, 0.3) is 0 Å². The van der Waals surface area contributed by atoms with Gasteiger partial charge in [-0.15, -0.1) is 0 Å². The molecule has 0 radical (unpaired) electrons. The zero-order valence-electron chi connectivity index (χ0n) is 12.6. The fourth-order valence-electron chi connectivity index (χ4n) is 2.12. The van der Waals surface area contributed by atoms with Crippen LogP contribution < -0.4 is 0 Å². The maximum absolute atomic E-state index is 11.7. The Kier molecular flexibility index (Phi) is 9.59. The van der Waals surface area contributed by atoms with Crippen molar-refractivity contribution in [2.24, 2.45) is 5.41 Å². The van der Waals surface area contributed by atoms with Crippen LogP contribution in [0.2, 0.25) is 0 Å². The van der Waals surface area contributed by atoms with E-state index in [9.17, 15) is 9.59 Å². The van der Waals surface area contributed by atoms with Gasteiger partial charge >= 0.3 is 11.9 Å². The molecule has 0 aromatic rings. The van der Waals surface area contributed by atoms with Crippen LogP contribution >= 0.6 is 0 Å². The van der Waals surface area contributed by atoms with E-state index in [4.69, 9.17) is 9.47 Å². The van der Waals surface area contributed by atoms with Crippen molar-refractivity contribution in [1.82, 2.24) is 0 Å². The normalized spacial score (nSPS) is 16.4. The average molecular weight is 302 g/mol. The lowest BCUT2D eigenvalue weighted by Crippen LogP contribution is -2.30. The third kappa shape index (κ3) is 6.96. The molecule has 0 aromatic heterocycles. The summed E-state index contributed by atoms with van der Waals surface area (Å²) in [4.78, 5) is 23.4. The zero-order chi connectivity index (χ0) is 14.5. The van der Waals surface area contributed by atoms with Crippen molar-refractivity contribution in [1.29, 1.82) is 0 Å². The third-order valence-corrected chi connectivity index (χ3v) is 4.00. The number of carbonyl (C=O) groups excluding carboxylic acids is 2. The highest BCUT2D eigenvalue weighted by atomic mass is 16.6. The number of carbonyl (C=O) groups is 2. The highest BCUT2D eigenvalue weighted by Gasteiger charge is 2.32. The van der Waals surface area contributed by atoms with Gasteiger partial charge in [0.05, 0.1) is 11.8 Å². The van der Waals surface area contributed by atoms with E-state index in [1.54, 1.807) is 0 Å². The smallest absolute Gasteiger partial charge is 0.311 e. The summed E-state index contributed by atoms with van der Waals surface area (Å²) in [7, 11) is 0. The Labute approximate surface area is 130 Å². The Bertz CT molecular complexity index is 328. The van der Waals surface area contributed by atoms with E-state index in [1.165, 1.54) is 0 Å². The molecule has 1 saturated carbocycles. The fraction of sp³-hybridized carbons (Fsp3) is 0.882. The molecule has 0 N–H and O–H groups in total. The molecule has 0 amide bonds. The van der Waals surface area contributed by atoms with Crippen LogP contribution in [0, 0.1) is 5.41 Å². The Morgan fingerprint density at radius 3 is 2.14 bits per heavy atom. The summed E-state index contributed by atoms with van der Waals surface area (Å²) in [6, 6.07) is 0. The van der Waals surface area contributed by atoms with E-state index in [1.807, 2.05) is 27.7 Å². The minimum absolute atomic E-state index is 0. The van der Waals surface area contributed by atoms with Gasteiger partial charge in [0, 0.05) is 0 Å². The van der Waals surface area contributed by atoms with Crippen molar-refractivity contribution < 1.29 is 19.1 Å². The minimum Gasteiger partial charge on any atom is -0.465 e. The molecule has 0 spiro atoms. The molecule has 0 saturated heterocycles. The van der Waals surface area contributed by atoms with Crippen LogP contribution in [-0.4, -0.2) is 24.1 Å². The third-order valence-electron chi connectivity index (χ3n) is 4.00. The van der Waals surface area contributed by atoms with E-state index >= 15 is 0 Å². The largest absolute Gasteiger partial charge is 0.465 e. The summed E-state index contributed by atoms with van der Waals surface area (Å²) in [5, 5.41) is 0. The minimum atomic E-state index is -0.485. The summed E-state index contributed by atoms with van der Waals surface area (Å²) >= 11 is 0. The molecule has 1 rings (SSSR count). The van der Waals surface area contributed by atoms with E-state index in [0.29, 0.717) is 6.42 Å².